The number of aryl methyl sites for hydroxylation is 3. The molecule has 1 aliphatic rings. The average Bonchev–Trinajstić information content (AvgIpc) is 3.06. The van der Waals surface area contributed by atoms with Crippen LogP contribution in [0.2, 0.25) is 0 Å². The molecule has 7 nitrogen and oxygen atoms in total. The molecule has 0 saturated carbocycles. The second-order valence-corrected chi connectivity index (χ2v) is 8.62. The van der Waals surface area contributed by atoms with E-state index >= 15 is 0 Å². The summed E-state index contributed by atoms with van der Waals surface area (Å²) in [4.78, 5) is 9.49. The van der Waals surface area contributed by atoms with Gasteiger partial charge in [-0.3, -0.25) is 0 Å². The molecular weight excluding hydrogens is 358 g/mol. The van der Waals surface area contributed by atoms with Gasteiger partial charge in [-0.05, 0) is 13.8 Å². The van der Waals surface area contributed by atoms with E-state index in [1.165, 1.54) is 15.6 Å². The monoisotopic (exact) mass is 377 g/mol. The van der Waals surface area contributed by atoms with Gasteiger partial charge in [0.2, 0.25) is 4.34 Å². The fraction of sp³-hybridized carbons (Fsp3) is 0.538. The number of piperazine rings is 1. The van der Waals surface area contributed by atoms with E-state index in [4.69, 9.17) is 0 Å². The van der Waals surface area contributed by atoms with Crippen LogP contribution in [0.15, 0.2) is 16.7 Å². The van der Waals surface area contributed by atoms with Gasteiger partial charge in [0.1, 0.15) is 5.82 Å². The van der Waals surface area contributed by atoms with Gasteiger partial charge in [0.25, 0.3) is 10.0 Å². The molecule has 0 aliphatic carbocycles. The number of rotatable bonds is 3. The lowest BCUT2D eigenvalue weighted by atomic mass is 10.2. The fourth-order valence-electron chi connectivity index (χ4n) is 2.55. The second kappa shape index (κ2) is 6.86. The van der Waals surface area contributed by atoms with Crippen LogP contribution >= 0.6 is 23.7 Å². The van der Waals surface area contributed by atoms with Gasteiger partial charge in [-0.1, -0.05) is 0 Å². The molecule has 23 heavy (non-hydrogen) atoms. The molecular formula is C13H20ClN5O2S2. The van der Waals surface area contributed by atoms with Gasteiger partial charge in [-0.25, -0.2) is 18.4 Å². The topological polar surface area (TPSA) is 80.1 Å². The van der Waals surface area contributed by atoms with Crippen molar-refractivity contribution in [3.05, 3.63) is 28.8 Å². The third-order valence-corrected chi connectivity index (χ3v) is 7.23. The fourth-order valence-corrected chi connectivity index (χ4v) is 5.56. The number of sulfonamides is 1. The van der Waals surface area contributed by atoms with Crippen molar-refractivity contribution in [2.24, 2.45) is 7.05 Å². The van der Waals surface area contributed by atoms with E-state index in [2.05, 4.69) is 15.3 Å². The molecule has 1 aliphatic heterocycles. The number of nitrogens with zero attached hydrogens (tertiary/aromatic N) is 4. The molecule has 0 aromatic carbocycles. The van der Waals surface area contributed by atoms with Crippen LogP contribution in [0.3, 0.4) is 0 Å². The van der Waals surface area contributed by atoms with Crippen LogP contribution in [-0.4, -0.2) is 46.9 Å². The SMILES string of the molecule is Cc1nc(S(=O)(=O)N2CCNCC2c2nccn2C)sc1C.Cl. The number of halogens is 1. The number of thiazole rings is 1. The van der Waals surface area contributed by atoms with Crippen LogP contribution in [0, 0.1) is 13.8 Å². The standard InChI is InChI=1S/C13H19N5O2S2.ClH/c1-9-10(2)21-13(16-9)22(19,20)18-7-4-14-8-11(18)12-15-5-6-17(12)3;/h5-6,11,14H,4,7-8H2,1-3H3;1H. The first-order valence-electron chi connectivity index (χ1n) is 7.05. The van der Waals surface area contributed by atoms with Crippen LogP contribution in [0.25, 0.3) is 0 Å². The van der Waals surface area contributed by atoms with E-state index in [-0.39, 0.29) is 22.8 Å². The smallest absolute Gasteiger partial charge is 0.271 e. The molecule has 0 amide bonds. The predicted molar refractivity (Wildman–Crippen MR) is 91.5 cm³/mol. The lowest BCUT2D eigenvalue weighted by molar-refractivity contribution is 0.258. The maximum atomic E-state index is 13.0. The summed E-state index contributed by atoms with van der Waals surface area (Å²) in [5.41, 5.74) is 0.771. The Labute approximate surface area is 146 Å². The first-order valence-corrected chi connectivity index (χ1v) is 9.30. The van der Waals surface area contributed by atoms with E-state index in [1.54, 1.807) is 6.20 Å². The average molecular weight is 378 g/mol. The van der Waals surface area contributed by atoms with Gasteiger partial charge < -0.3 is 9.88 Å². The molecule has 0 spiro atoms. The third kappa shape index (κ3) is 3.29. The minimum absolute atomic E-state index is 0. The maximum Gasteiger partial charge on any atom is 0.271 e. The van der Waals surface area contributed by atoms with Gasteiger partial charge in [-0.15, -0.1) is 23.7 Å². The van der Waals surface area contributed by atoms with E-state index in [0.29, 0.717) is 19.6 Å². The highest BCUT2D eigenvalue weighted by atomic mass is 35.5. The summed E-state index contributed by atoms with van der Waals surface area (Å²) in [5, 5.41) is 3.24. The van der Waals surface area contributed by atoms with Crippen LogP contribution in [0.5, 0.6) is 0 Å². The Hall–Kier alpha value is -1.00. The lowest BCUT2D eigenvalue weighted by Gasteiger charge is -2.33. The summed E-state index contributed by atoms with van der Waals surface area (Å²) in [6, 6.07) is -0.316. The Morgan fingerprint density at radius 2 is 2.13 bits per heavy atom. The van der Waals surface area contributed by atoms with Crippen LogP contribution in [0.4, 0.5) is 0 Å². The van der Waals surface area contributed by atoms with Crippen molar-refractivity contribution < 1.29 is 8.42 Å². The first kappa shape index (κ1) is 18.3. The summed E-state index contributed by atoms with van der Waals surface area (Å²) in [6.45, 7) is 5.31. The number of aromatic nitrogens is 3. The van der Waals surface area contributed by atoms with Gasteiger partial charge in [-0.2, -0.15) is 4.31 Å². The Morgan fingerprint density at radius 3 is 2.70 bits per heavy atom. The minimum atomic E-state index is -3.61. The third-order valence-electron chi connectivity index (χ3n) is 3.89. The molecule has 2 aromatic heterocycles. The molecule has 3 rings (SSSR count). The van der Waals surface area contributed by atoms with Gasteiger partial charge >= 0.3 is 0 Å². The summed E-state index contributed by atoms with van der Waals surface area (Å²) in [5.74, 6) is 0.737. The van der Waals surface area contributed by atoms with Crippen molar-refractivity contribution in [3.63, 3.8) is 0 Å². The molecule has 0 radical (unpaired) electrons. The number of nitrogens with one attached hydrogen (secondary N) is 1. The van der Waals surface area contributed by atoms with E-state index in [1.807, 2.05) is 31.7 Å². The van der Waals surface area contributed by atoms with Crippen molar-refractivity contribution in [2.75, 3.05) is 19.6 Å². The van der Waals surface area contributed by atoms with Crippen LogP contribution < -0.4 is 5.32 Å². The molecule has 3 heterocycles. The molecule has 128 valence electrons. The molecule has 1 unspecified atom stereocenters. The number of hydrogen-bond acceptors (Lipinski definition) is 6. The zero-order valence-electron chi connectivity index (χ0n) is 13.2. The Bertz CT molecular complexity index is 767. The van der Waals surface area contributed by atoms with E-state index < -0.39 is 10.0 Å². The normalized spacial score (nSPS) is 19.5. The second-order valence-electron chi connectivity index (χ2n) is 5.35. The minimum Gasteiger partial charge on any atom is -0.337 e. The summed E-state index contributed by atoms with van der Waals surface area (Å²) in [6.07, 6.45) is 3.51. The Morgan fingerprint density at radius 1 is 1.39 bits per heavy atom. The number of hydrogen-bond donors (Lipinski definition) is 1. The largest absolute Gasteiger partial charge is 0.337 e. The lowest BCUT2D eigenvalue weighted by Crippen LogP contribution is -2.49. The van der Waals surface area contributed by atoms with Crippen molar-refractivity contribution in [3.8, 4) is 0 Å². The van der Waals surface area contributed by atoms with Crippen molar-refractivity contribution in [1.82, 2.24) is 24.2 Å². The zero-order chi connectivity index (χ0) is 15.9. The van der Waals surface area contributed by atoms with Crippen molar-refractivity contribution in [2.45, 2.75) is 24.2 Å². The molecule has 10 heteroatoms. The van der Waals surface area contributed by atoms with Crippen molar-refractivity contribution in [1.29, 1.82) is 0 Å². The molecule has 0 bridgehead atoms. The summed E-state index contributed by atoms with van der Waals surface area (Å²) < 4.78 is 29.5. The van der Waals surface area contributed by atoms with E-state index in [0.717, 1.165) is 16.4 Å². The van der Waals surface area contributed by atoms with Gasteiger partial charge in [0.15, 0.2) is 0 Å². The summed E-state index contributed by atoms with van der Waals surface area (Å²) in [7, 11) is -1.73. The molecule has 1 N–H and O–H groups in total. The van der Waals surface area contributed by atoms with Crippen LogP contribution in [-0.2, 0) is 17.1 Å². The van der Waals surface area contributed by atoms with E-state index in [9.17, 15) is 8.42 Å². The Kier molecular flexibility index (Phi) is 5.47. The number of imidazole rings is 1. The zero-order valence-corrected chi connectivity index (χ0v) is 15.6. The molecule has 1 atom stereocenters. The molecule has 1 saturated heterocycles. The van der Waals surface area contributed by atoms with Gasteiger partial charge in [0, 0.05) is 44.0 Å². The predicted octanol–water partition coefficient (Wildman–Crippen LogP) is 1.25. The molecule has 2 aromatic rings. The molecule has 1 fully saturated rings. The Balaban J connectivity index is 0.00000192. The highest BCUT2D eigenvalue weighted by molar-refractivity contribution is 7.91. The first-order chi connectivity index (χ1) is 10.4. The van der Waals surface area contributed by atoms with Crippen molar-refractivity contribution >= 4 is 33.8 Å². The quantitative estimate of drug-likeness (QED) is 0.870. The highest BCUT2D eigenvalue weighted by Gasteiger charge is 2.38. The van der Waals surface area contributed by atoms with Crippen LogP contribution in [0.1, 0.15) is 22.4 Å². The van der Waals surface area contributed by atoms with Gasteiger partial charge in [0.05, 0.1) is 11.7 Å². The summed E-state index contributed by atoms with van der Waals surface area (Å²) >= 11 is 1.23. The highest BCUT2D eigenvalue weighted by Crippen LogP contribution is 2.30. The maximum absolute atomic E-state index is 13.0.